The molecule has 1 heterocycles. The van der Waals surface area contributed by atoms with E-state index in [9.17, 15) is 0 Å². The third kappa shape index (κ3) is 2.69. The fraction of sp³-hybridized carbons (Fsp3) is 0.278. The summed E-state index contributed by atoms with van der Waals surface area (Å²) in [5, 5.41) is 10.2. The van der Waals surface area contributed by atoms with E-state index in [0.29, 0.717) is 0 Å². The molecule has 2 aromatic carbocycles. The molecule has 21 heavy (non-hydrogen) atoms. The topological polar surface area (TPSA) is 38.1 Å². The number of aromatic nitrogens is 1. The normalized spacial score (nSPS) is 12.7. The molecule has 3 aromatic rings. The number of rotatable bonds is 4. The van der Waals surface area contributed by atoms with Crippen LogP contribution < -0.4 is 5.32 Å². The average molecular weight is 280 g/mol. The maximum absolute atomic E-state index is 5.25. The van der Waals surface area contributed by atoms with Gasteiger partial charge in [-0.15, -0.1) is 0 Å². The highest BCUT2D eigenvalue weighted by Gasteiger charge is 2.16. The summed E-state index contributed by atoms with van der Waals surface area (Å²) >= 11 is 0. The van der Waals surface area contributed by atoms with E-state index in [2.05, 4.69) is 59.9 Å². The van der Waals surface area contributed by atoms with Gasteiger partial charge in [0.2, 0.25) is 0 Å². The van der Waals surface area contributed by atoms with E-state index in [1.165, 1.54) is 16.3 Å². The Morgan fingerprint density at radius 2 is 1.86 bits per heavy atom. The van der Waals surface area contributed by atoms with Crippen LogP contribution in [0.1, 0.15) is 35.5 Å². The molecule has 1 unspecified atom stereocenters. The van der Waals surface area contributed by atoms with E-state index < -0.39 is 0 Å². The Labute approximate surface area is 125 Å². The molecule has 3 nitrogen and oxygen atoms in total. The van der Waals surface area contributed by atoms with Crippen LogP contribution in [0.2, 0.25) is 0 Å². The summed E-state index contributed by atoms with van der Waals surface area (Å²) < 4.78 is 5.25. The molecule has 0 aliphatic carbocycles. The van der Waals surface area contributed by atoms with Crippen molar-refractivity contribution in [2.45, 2.75) is 33.4 Å². The Kier molecular flexibility index (Phi) is 3.76. The Hall–Kier alpha value is -2.13. The monoisotopic (exact) mass is 280 g/mol. The van der Waals surface area contributed by atoms with Crippen LogP contribution >= 0.6 is 0 Å². The molecular formula is C18H20N2O. The van der Waals surface area contributed by atoms with Crippen molar-refractivity contribution in [1.82, 2.24) is 10.5 Å². The molecule has 1 N–H and O–H groups in total. The minimum atomic E-state index is 0.218. The minimum absolute atomic E-state index is 0.218. The standard InChI is InChI=1S/C18H20N2O/c1-12(18-13(2)20-21-14(18)3)19-11-16-9-6-8-15-7-4-5-10-17(15)16/h4-10,12,19H,11H2,1-3H3. The summed E-state index contributed by atoms with van der Waals surface area (Å²) in [6, 6.07) is 15.1. The molecule has 3 rings (SSSR count). The van der Waals surface area contributed by atoms with Crippen LogP contribution in [0.15, 0.2) is 47.0 Å². The first-order valence-electron chi connectivity index (χ1n) is 7.29. The van der Waals surface area contributed by atoms with Gasteiger partial charge in [-0.1, -0.05) is 47.6 Å². The van der Waals surface area contributed by atoms with Crippen LogP contribution in [0.3, 0.4) is 0 Å². The molecule has 108 valence electrons. The Morgan fingerprint density at radius 1 is 1.10 bits per heavy atom. The van der Waals surface area contributed by atoms with Gasteiger partial charge >= 0.3 is 0 Å². The first-order chi connectivity index (χ1) is 10.2. The van der Waals surface area contributed by atoms with E-state index in [-0.39, 0.29) is 6.04 Å². The summed E-state index contributed by atoms with van der Waals surface area (Å²) in [6.45, 7) is 6.93. The lowest BCUT2D eigenvalue weighted by Crippen LogP contribution is -2.19. The highest BCUT2D eigenvalue weighted by molar-refractivity contribution is 5.85. The molecule has 0 spiro atoms. The summed E-state index contributed by atoms with van der Waals surface area (Å²) in [5.74, 6) is 0.894. The van der Waals surface area contributed by atoms with Gasteiger partial charge in [0.1, 0.15) is 5.76 Å². The number of hydrogen-bond donors (Lipinski definition) is 1. The Morgan fingerprint density at radius 3 is 2.62 bits per heavy atom. The van der Waals surface area contributed by atoms with Gasteiger partial charge < -0.3 is 9.84 Å². The fourth-order valence-electron chi connectivity index (χ4n) is 2.92. The van der Waals surface area contributed by atoms with Gasteiger partial charge in [-0.3, -0.25) is 0 Å². The lowest BCUT2D eigenvalue weighted by molar-refractivity contribution is 0.390. The number of nitrogens with one attached hydrogen (secondary N) is 1. The number of nitrogens with zero attached hydrogens (tertiary/aromatic N) is 1. The first-order valence-corrected chi connectivity index (χ1v) is 7.29. The molecule has 3 heteroatoms. The van der Waals surface area contributed by atoms with Crippen LogP contribution in [0.5, 0.6) is 0 Å². The van der Waals surface area contributed by atoms with Crippen molar-refractivity contribution in [2.75, 3.05) is 0 Å². The van der Waals surface area contributed by atoms with Crippen LogP contribution in [0.25, 0.3) is 10.8 Å². The number of fused-ring (bicyclic) bond motifs is 1. The second-order valence-electron chi connectivity index (χ2n) is 5.48. The van der Waals surface area contributed by atoms with E-state index in [4.69, 9.17) is 4.52 Å². The second-order valence-corrected chi connectivity index (χ2v) is 5.48. The highest BCUT2D eigenvalue weighted by atomic mass is 16.5. The first kappa shape index (κ1) is 13.8. The zero-order valence-electron chi connectivity index (χ0n) is 12.7. The van der Waals surface area contributed by atoms with E-state index in [1.807, 2.05) is 13.8 Å². The van der Waals surface area contributed by atoms with Crippen LogP contribution in [0, 0.1) is 13.8 Å². The molecule has 0 fully saturated rings. The maximum atomic E-state index is 5.25. The summed E-state index contributed by atoms with van der Waals surface area (Å²) in [5.41, 5.74) is 3.44. The Balaban J connectivity index is 1.81. The average Bonchev–Trinajstić information content (AvgIpc) is 2.84. The van der Waals surface area contributed by atoms with Crippen molar-refractivity contribution in [2.24, 2.45) is 0 Å². The highest BCUT2D eigenvalue weighted by Crippen LogP contribution is 2.23. The third-order valence-corrected chi connectivity index (χ3v) is 4.00. The summed E-state index contributed by atoms with van der Waals surface area (Å²) in [4.78, 5) is 0. The van der Waals surface area contributed by atoms with Crippen molar-refractivity contribution in [1.29, 1.82) is 0 Å². The molecule has 0 saturated heterocycles. The molecule has 0 aliphatic rings. The largest absolute Gasteiger partial charge is 0.361 e. The molecule has 1 atom stereocenters. The van der Waals surface area contributed by atoms with E-state index in [1.54, 1.807) is 0 Å². The fourth-order valence-corrected chi connectivity index (χ4v) is 2.92. The Bertz CT molecular complexity index is 736. The van der Waals surface area contributed by atoms with Gasteiger partial charge in [-0.2, -0.15) is 0 Å². The van der Waals surface area contributed by atoms with Gasteiger partial charge in [-0.25, -0.2) is 0 Å². The van der Waals surface area contributed by atoms with Gasteiger partial charge in [0.25, 0.3) is 0 Å². The predicted octanol–water partition coefficient (Wildman–Crippen LogP) is 4.30. The van der Waals surface area contributed by atoms with Gasteiger partial charge in [-0.05, 0) is 37.1 Å². The number of benzene rings is 2. The molecule has 0 aliphatic heterocycles. The smallest absolute Gasteiger partial charge is 0.138 e. The van der Waals surface area contributed by atoms with Gasteiger partial charge in [0.05, 0.1) is 5.69 Å². The molecule has 0 radical (unpaired) electrons. The predicted molar refractivity (Wildman–Crippen MR) is 85.2 cm³/mol. The quantitative estimate of drug-likeness (QED) is 0.774. The minimum Gasteiger partial charge on any atom is -0.361 e. The second kappa shape index (κ2) is 5.70. The van der Waals surface area contributed by atoms with Crippen LogP contribution in [-0.4, -0.2) is 5.16 Å². The summed E-state index contributed by atoms with van der Waals surface area (Å²) in [6.07, 6.45) is 0. The molecule has 0 bridgehead atoms. The molecular weight excluding hydrogens is 260 g/mol. The van der Waals surface area contributed by atoms with Crippen molar-refractivity contribution in [3.05, 3.63) is 65.0 Å². The molecule has 1 aromatic heterocycles. The lowest BCUT2D eigenvalue weighted by Gasteiger charge is -2.15. The zero-order valence-corrected chi connectivity index (χ0v) is 12.7. The van der Waals surface area contributed by atoms with Crippen molar-refractivity contribution < 1.29 is 4.52 Å². The van der Waals surface area contributed by atoms with Crippen LogP contribution in [-0.2, 0) is 6.54 Å². The lowest BCUT2D eigenvalue weighted by atomic mass is 10.0. The number of hydrogen-bond acceptors (Lipinski definition) is 3. The van der Waals surface area contributed by atoms with Crippen molar-refractivity contribution in [3.8, 4) is 0 Å². The van der Waals surface area contributed by atoms with E-state index in [0.717, 1.165) is 23.6 Å². The van der Waals surface area contributed by atoms with Crippen molar-refractivity contribution in [3.63, 3.8) is 0 Å². The molecule has 0 saturated carbocycles. The maximum Gasteiger partial charge on any atom is 0.138 e. The summed E-state index contributed by atoms with van der Waals surface area (Å²) in [7, 11) is 0. The third-order valence-electron chi connectivity index (χ3n) is 4.00. The SMILES string of the molecule is Cc1noc(C)c1C(C)NCc1cccc2ccccc12. The zero-order chi connectivity index (χ0) is 14.8. The van der Waals surface area contributed by atoms with Crippen molar-refractivity contribution >= 4 is 10.8 Å². The van der Waals surface area contributed by atoms with Gasteiger partial charge in [0, 0.05) is 18.2 Å². The number of aryl methyl sites for hydroxylation is 2. The molecule has 0 amide bonds. The van der Waals surface area contributed by atoms with Crippen LogP contribution in [0.4, 0.5) is 0 Å². The van der Waals surface area contributed by atoms with Gasteiger partial charge in [0.15, 0.2) is 0 Å². The van der Waals surface area contributed by atoms with E-state index >= 15 is 0 Å².